The summed E-state index contributed by atoms with van der Waals surface area (Å²) in [7, 11) is 8.80. The van der Waals surface area contributed by atoms with Gasteiger partial charge in [-0.25, -0.2) is 9.50 Å². The second kappa shape index (κ2) is 8.43. The lowest BCUT2D eigenvalue weighted by molar-refractivity contribution is 0.324. The van der Waals surface area contributed by atoms with Crippen LogP contribution in [0.25, 0.3) is 16.8 Å². The minimum Gasteiger partial charge on any atom is -0.493 e. The van der Waals surface area contributed by atoms with Crippen LogP contribution in [-0.2, 0) is 0 Å². The van der Waals surface area contributed by atoms with Gasteiger partial charge in [-0.15, -0.1) is 0 Å². The van der Waals surface area contributed by atoms with Crippen LogP contribution in [0.2, 0.25) is 0 Å². The molecule has 160 valence electrons. The van der Waals surface area contributed by atoms with E-state index in [9.17, 15) is 0 Å². The van der Waals surface area contributed by atoms with E-state index < -0.39 is 0 Å². The van der Waals surface area contributed by atoms with E-state index >= 15 is 0 Å². The van der Waals surface area contributed by atoms with E-state index in [1.165, 1.54) is 0 Å². The van der Waals surface area contributed by atoms with E-state index in [4.69, 9.17) is 19.2 Å². The number of hydrogen-bond acceptors (Lipinski definition) is 7. The predicted octanol–water partition coefficient (Wildman–Crippen LogP) is 4.23. The molecule has 0 saturated heterocycles. The number of rotatable bonds is 7. The van der Waals surface area contributed by atoms with Crippen molar-refractivity contribution in [1.82, 2.24) is 14.6 Å². The lowest BCUT2D eigenvalue weighted by Gasteiger charge is -2.15. The van der Waals surface area contributed by atoms with Crippen LogP contribution in [0, 0.1) is 0 Å². The number of aromatic nitrogens is 3. The largest absolute Gasteiger partial charge is 0.493 e. The molecule has 0 bridgehead atoms. The first-order valence-electron chi connectivity index (χ1n) is 9.73. The highest BCUT2D eigenvalue weighted by atomic mass is 16.5. The average Bonchev–Trinajstić information content (AvgIpc) is 3.21. The normalized spacial score (nSPS) is 10.7. The maximum atomic E-state index is 5.44. The summed E-state index contributed by atoms with van der Waals surface area (Å²) in [4.78, 5) is 6.87. The number of nitrogens with one attached hydrogen (secondary N) is 1. The highest BCUT2D eigenvalue weighted by Gasteiger charge is 2.15. The summed E-state index contributed by atoms with van der Waals surface area (Å²) in [5.41, 5.74) is 4.65. The maximum absolute atomic E-state index is 5.44. The molecule has 1 N–H and O–H groups in total. The van der Waals surface area contributed by atoms with Crippen molar-refractivity contribution in [3.63, 3.8) is 0 Å². The van der Waals surface area contributed by atoms with Crippen molar-refractivity contribution < 1.29 is 14.2 Å². The Morgan fingerprint density at radius 3 is 2.32 bits per heavy atom. The molecule has 2 aromatic carbocycles. The maximum Gasteiger partial charge on any atom is 0.203 e. The van der Waals surface area contributed by atoms with Crippen LogP contribution >= 0.6 is 0 Å². The van der Waals surface area contributed by atoms with Crippen LogP contribution in [0.4, 0.5) is 17.2 Å². The van der Waals surface area contributed by atoms with Crippen molar-refractivity contribution in [3.05, 3.63) is 54.9 Å². The van der Waals surface area contributed by atoms with Crippen molar-refractivity contribution in [2.45, 2.75) is 0 Å². The van der Waals surface area contributed by atoms with Gasteiger partial charge in [-0.3, -0.25) is 0 Å². The summed E-state index contributed by atoms with van der Waals surface area (Å²) in [6.45, 7) is 0. The molecule has 0 aliphatic rings. The van der Waals surface area contributed by atoms with Crippen molar-refractivity contribution in [3.8, 4) is 28.4 Å². The third-order valence-electron chi connectivity index (χ3n) is 4.98. The second-order valence-corrected chi connectivity index (χ2v) is 7.12. The van der Waals surface area contributed by atoms with Gasteiger partial charge in [-0.1, -0.05) is 12.1 Å². The SMILES string of the molecule is COc1cc(Nc2ccn3ncc(-c4cccc(N(C)C)c4)c3n2)cc(OC)c1OC. The zero-order valence-corrected chi connectivity index (χ0v) is 18.2. The Kier molecular flexibility index (Phi) is 5.53. The molecule has 4 rings (SSSR count). The van der Waals surface area contributed by atoms with Crippen LogP contribution in [0.1, 0.15) is 0 Å². The summed E-state index contributed by atoms with van der Waals surface area (Å²) in [6.07, 6.45) is 3.71. The first-order chi connectivity index (χ1) is 15.0. The Hall–Kier alpha value is -3.94. The highest BCUT2D eigenvalue weighted by molar-refractivity contribution is 5.80. The zero-order valence-electron chi connectivity index (χ0n) is 18.2. The lowest BCUT2D eigenvalue weighted by atomic mass is 10.1. The van der Waals surface area contributed by atoms with Crippen LogP contribution < -0.4 is 24.4 Å². The van der Waals surface area contributed by atoms with Crippen molar-refractivity contribution in [1.29, 1.82) is 0 Å². The number of fused-ring (bicyclic) bond motifs is 1. The lowest BCUT2D eigenvalue weighted by Crippen LogP contribution is -2.08. The predicted molar refractivity (Wildman–Crippen MR) is 122 cm³/mol. The van der Waals surface area contributed by atoms with Gasteiger partial charge in [0.05, 0.1) is 27.5 Å². The van der Waals surface area contributed by atoms with Crippen molar-refractivity contribution in [2.75, 3.05) is 45.6 Å². The fourth-order valence-electron chi connectivity index (χ4n) is 3.39. The summed E-state index contributed by atoms with van der Waals surface area (Å²) in [6, 6.07) is 13.8. The van der Waals surface area contributed by atoms with E-state index in [0.29, 0.717) is 23.1 Å². The summed E-state index contributed by atoms with van der Waals surface area (Å²) in [5, 5.41) is 7.77. The first-order valence-corrected chi connectivity index (χ1v) is 9.73. The molecule has 2 aromatic heterocycles. The molecule has 0 aliphatic heterocycles. The fourth-order valence-corrected chi connectivity index (χ4v) is 3.39. The molecule has 0 fully saturated rings. The van der Waals surface area contributed by atoms with Gasteiger partial charge < -0.3 is 24.4 Å². The molecule has 0 aliphatic carbocycles. The third-order valence-corrected chi connectivity index (χ3v) is 4.98. The molecular weight excluding hydrogens is 394 g/mol. The van der Waals surface area contributed by atoms with E-state index in [1.807, 2.05) is 50.8 Å². The Balaban J connectivity index is 1.72. The van der Waals surface area contributed by atoms with Gasteiger partial charge in [-0.05, 0) is 23.8 Å². The standard InChI is InChI=1S/C23H25N5O3/c1-27(2)17-8-6-7-15(11-17)18-14-24-28-10-9-21(26-23(18)28)25-16-12-19(29-3)22(31-5)20(13-16)30-4/h6-14H,1-5H3,(H,25,26). The molecular formula is C23H25N5O3. The Morgan fingerprint density at radius 1 is 0.935 bits per heavy atom. The molecule has 0 unspecified atom stereocenters. The number of nitrogens with zero attached hydrogens (tertiary/aromatic N) is 4. The highest BCUT2D eigenvalue weighted by Crippen LogP contribution is 2.40. The Bertz CT molecular complexity index is 1190. The van der Waals surface area contributed by atoms with E-state index in [2.05, 4.69) is 33.5 Å². The van der Waals surface area contributed by atoms with E-state index in [0.717, 1.165) is 28.1 Å². The molecule has 2 heterocycles. The fraction of sp³-hybridized carbons (Fsp3) is 0.217. The van der Waals surface area contributed by atoms with Gasteiger partial charge in [0.15, 0.2) is 17.1 Å². The van der Waals surface area contributed by atoms with Crippen LogP contribution in [-0.4, -0.2) is 50.0 Å². The summed E-state index contributed by atoms with van der Waals surface area (Å²) in [5.74, 6) is 2.34. The quantitative estimate of drug-likeness (QED) is 0.480. The van der Waals surface area contributed by atoms with Gasteiger partial charge in [0, 0.05) is 49.4 Å². The van der Waals surface area contributed by atoms with Crippen LogP contribution in [0.5, 0.6) is 17.2 Å². The van der Waals surface area contributed by atoms with Crippen LogP contribution in [0.3, 0.4) is 0 Å². The number of anilines is 3. The molecule has 0 saturated carbocycles. The minimum absolute atomic E-state index is 0.540. The monoisotopic (exact) mass is 419 g/mol. The smallest absolute Gasteiger partial charge is 0.203 e. The first kappa shape index (κ1) is 20.3. The second-order valence-electron chi connectivity index (χ2n) is 7.12. The number of benzene rings is 2. The van der Waals surface area contributed by atoms with Crippen molar-refractivity contribution >= 4 is 22.8 Å². The molecule has 4 aromatic rings. The molecule has 31 heavy (non-hydrogen) atoms. The average molecular weight is 419 g/mol. The molecule has 0 atom stereocenters. The Morgan fingerprint density at radius 2 is 1.68 bits per heavy atom. The molecule has 0 radical (unpaired) electrons. The van der Waals surface area contributed by atoms with E-state index in [1.54, 1.807) is 25.8 Å². The van der Waals surface area contributed by atoms with Gasteiger partial charge in [-0.2, -0.15) is 5.10 Å². The van der Waals surface area contributed by atoms with E-state index in [-0.39, 0.29) is 0 Å². The summed E-state index contributed by atoms with van der Waals surface area (Å²) >= 11 is 0. The van der Waals surface area contributed by atoms with Crippen LogP contribution in [0.15, 0.2) is 54.9 Å². The third kappa shape index (κ3) is 3.92. The number of ether oxygens (including phenoxy) is 3. The molecule has 8 nitrogen and oxygen atoms in total. The molecule has 0 amide bonds. The summed E-state index contributed by atoms with van der Waals surface area (Å²) < 4.78 is 18.0. The van der Waals surface area contributed by atoms with Gasteiger partial charge >= 0.3 is 0 Å². The molecule has 0 spiro atoms. The topological polar surface area (TPSA) is 73.2 Å². The van der Waals surface area contributed by atoms with Gasteiger partial charge in [0.1, 0.15) is 5.82 Å². The van der Waals surface area contributed by atoms with Crippen molar-refractivity contribution in [2.24, 2.45) is 0 Å². The minimum atomic E-state index is 0.540. The van der Waals surface area contributed by atoms with Gasteiger partial charge in [0.2, 0.25) is 5.75 Å². The number of methoxy groups -OCH3 is 3. The Labute approximate surface area is 181 Å². The zero-order chi connectivity index (χ0) is 22.0. The number of hydrogen-bond donors (Lipinski definition) is 1. The molecule has 8 heteroatoms. The van der Waals surface area contributed by atoms with Gasteiger partial charge in [0.25, 0.3) is 0 Å².